The Balaban J connectivity index is 2.29. The summed E-state index contributed by atoms with van der Waals surface area (Å²) in [5.74, 6) is 0.102. The first-order valence-corrected chi connectivity index (χ1v) is 6.68. The molecule has 0 aromatic heterocycles. The van der Waals surface area contributed by atoms with Crippen molar-refractivity contribution in [3.05, 3.63) is 34.3 Å². The van der Waals surface area contributed by atoms with Gasteiger partial charge in [0.2, 0.25) is 0 Å². The Hall–Kier alpha value is -1.06. The van der Waals surface area contributed by atoms with Crippen LogP contribution in [0.15, 0.2) is 18.2 Å². The van der Waals surface area contributed by atoms with Gasteiger partial charge in [-0.3, -0.25) is 4.79 Å². The van der Waals surface area contributed by atoms with Crippen molar-refractivity contribution >= 4 is 17.5 Å². The molecule has 98 valence electrons. The van der Waals surface area contributed by atoms with E-state index in [-0.39, 0.29) is 18.0 Å². The van der Waals surface area contributed by atoms with E-state index in [0.717, 1.165) is 24.2 Å². The van der Waals surface area contributed by atoms with E-state index in [9.17, 15) is 4.79 Å². The average Bonchev–Trinajstić information content (AvgIpc) is 2.28. The van der Waals surface area contributed by atoms with Crippen molar-refractivity contribution in [2.75, 3.05) is 13.1 Å². The van der Waals surface area contributed by atoms with E-state index in [1.807, 2.05) is 24.0 Å². The third kappa shape index (κ3) is 2.52. The Morgan fingerprint density at radius 2 is 1.94 bits per heavy atom. The third-order valence-electron chi connectivity index (χ3n) is 3.48. The van der Waals surface area contributed by atoms with Crippen molar-refractivity contribution in [2.24, 2.45) is 0 Å². The first-order chi connectivity index (χ1) is 8.50. The van der Waals surface area contributed by atoms with Gasteiger partial charge in [0.15, 0.2) is 0 Å². The van der Waals surface area contributed by atoms with E-state index in [1.165, 1.54) is 0 Å². The summed E-state index contributed by atoms with van der Waals surface area (Å²) in [5.41, 5.74) is 1.69. The molecule has 1 aromatic rings. The fraction of sp³-hybridized carbons (Fsp3) is 0.500. The molecule has 0 saturated carbocycles. The molecule has 1 aliphatic heterocycles. The van der Waals surface area contributed by atoms with Crippen LogP contribution in [0.2, 0.25) is 5.02 Å². The van der Waals surface area contributed by atoms with Gasteiger partial charge >= 0.3 is 0 Å². The Morgan fingerprint density at radius 1 is 1.33 bits per heavy atom. The van der Waals surface area contributed by atoms with Gasteiger partial charge in [0.25, 0.3) is 5.91 Å². The maximum atomic E-state index is 12.6. The number of benzene rings is 1. The molecule has 4 heteroatoms. The van der Waals surface area contributed by atoms with Gasteiger partial charge in [-0.25, -0.2) is 0 Å². The third-order valence-corrected chi connectivity index (χ3v) is 3.72. The van der Waals surface area contributed by atoms with Crippen LogP contribution < -0.4 is 5.32 Å². The minimum Gasteiger partial charge on any atom is -0.331 e. The average molecular weight is 267 g/mol. The van der Waals surface area contributed by atoms with Crippen molar-refractivity contribution in [3.63, 3.8) is 0 Å². The predicted molar refractivity (Wildman–Crippen MR) is 74.2 cm³/mol. The first kappa shape index (κ1) is 13.4. The molecule has 2 rings (SSSR count). The number of amides is 1. The fourth-order valence-corrected chi connectivity index (χ4v) is 2.77. The molecule has 1 amide bonds. The van der Waals surface area contributed by atoms with Gasteiger partial charge in [-0.2, -0.15) is 0 Å². The second-order valence-corrected chi connectivity index (χ2v) is 5.46. The number of nitrogens with one attached hydrogen (secondary N) is 1. The monoisotopic (exact) mass is 266 g/mol. The fourth-order valence-electron chi connectivity index (χ4n) is 2.54. The van der Waals surface area contributed by atoms with Gasteiger partial charge in [-0.05, 0) is 44.5 Å². The number of rotatable bonds is 1. The van der Waals surface area contributed by atoms with Gasteiger partial charge in [-0.15, -0.1) is 0 Å². The lowest BCUT2D eigenvalue weighted by molar-refractivity contribution is 0.0544. The molecule has 1 aromatic carbocycles. The second kappa shape index (κ2) is 5.29. The summed E-state index contributed by atoms with van der Waals surface area (Å²) in [7, 11) is 0. The highest BCUT2D eigenvalue weighted by atomic mass is 35.5. The SMILES string of the molecule is Cc1cc(Cl)ccc1C(=O)N1C(C)CNCC1C. The maximum absolute atomic E-state index is 12.6. The Labute approximate surface area is 113 Å². The largest absolute Gasteiger partial charge is 0.331 e. The molecule has 1 aliphatic rings. The lowest BCUT2D eigenvalue weighted by Gasteiger charge is -2.39. The Kier molecular flexibility index (Phi) is 3.93. The highest BCUT2D eigenvalue weighted by molar-refractivity contribution is 6.30. The second-order valence-electron chi connectivity index (χ2n) is 5.03. The molecule has 0 spiro atoms. The van der Waals surface area contributed by atoms with Crippen LogP contribution in [0.3, 0.4) is 0 Å². The normalized spacial score (nSPS) is 24.1. The van der Waals surface area contributed by atoms with Gasteiger partial charge in [0, 0.05) is 35.8 Å². The lowest BCUT2D eigenvalue weighted by atomic mass is 10.0. The number of nitrogens with zero attached hydrogens (tertiary/aromatic N) is 1. The lowest BCUT2D eigenvalue weighted by Crippen LogP contribution is -2.57. The van der Waals surface area contributed by atoms with Crippen LogP contribution in [0.4, 0.5) is 0 Å². The summed E-state index contributed by atoms with van der Waals surface area (Å²) in [5, 5.41) is 4.00. The van der Waals surface area contributed by atoms with Crippen LogP contribution in [-0.4, -0.2) is 36.0 Å². The minimum atomic E-state index is 0.102. The van der Waals surface area contributed by atoms with E-state index >= 15 is 0 Å². The molecule has 1 saturated heterocycles. The topological polar surface area (TPSA) is 32.3 Å². The van der Waals surface area contributed by atoms with Gasteiger partial charge in [-0.1, -0.05) is 11.6 Å². The van der Waals surface area contributed by atoms with Gasteiger partial charge < -0.3 is 10.2 Å². The molecule has 1 heterocycles. The summed E-state index contributed by atoms with van der Waals surface area (Å²) in [6.45, 7) is 7.78. The van der Waals surface area contributed by atoms with Gasteiger partial charge in [0.1, 0.15) is 0 Å². The number of hydrogen-bond acceptors (Lipinski definition) is 2. The molecular formula is C14H19ClN2O. The quantitative estimate of drug-likeness (QED) is 0.847. The minimum absolute atomic E-state index is 0.102. The molecule has 0 radical (unpaired) electrons. The molecule has 18 heavy (non-hydrogen) atoms. The van der Waals surface area contributed by atoms with Crippen molar-refractivity contribution in [1.82, 2.24) is 10.2 Å². The standard InChI is InChI=1S/C14H19ClN2O/c1-9-6-12(15)4-5-13(9)14(18)17-10(2)7-16-8-11(17)3/h4-6,10-11,16H,7-8H2,1-3H3. The molecule has 3 nitrogen and oxygen atoms in total. The summed E-state index contributed by atoms with van der Waals surface area (Å²) < 4.78 is 0. The molecule has 0 bridgehead atoms. The number of halogens is 1. The van der Waals surface area contributed by atoms with Crippen molar-refractivity contribution in [1.29, 1.82) is 0 Å². The van der Waals surface area contributed by atoms with E-state index in [1.54, 1.807) is 6.07 Å². The predicted octanol–water partition coefficient (Wildman–Crippen LogP) is 2.47. The van der Waals surface area contributed by atoms with Crippen molar-refractivity contribution in [2.45, 2.75) is 32.9 Å². The Bertz CT molecular complexity index is 451. The van der Waals surface area contributed by atoms with Crippen LogP contribution in [0.25, 0.3) is 0 Å². The smallest absolute Gasteiger partial charge is 0.254 e. The van der Waals surface area contributed by atoms with Crippen molar-refractivity contribution < 1.29 is 4.79 Å². The maximum Gasteiger partial charge on any atom is 0.254 e. The van der Waals surface area contributed by atoms with E-state index in [4.69, 9.17) is 11.6 Å². The molecular weight excluding hydrogens is 248 g/mol. The highest BCUT2D eigenvalue weighted by Gasteiger charge is 2.30. The van der Waals surface area contributed by atoms with Crippen molar-refractivity contribution in [3.8, 4) is 0 Å². The Morgan fingerprint density at radius 3 is 2.50 bits per heavy atom. The molecule has 1 fully saturated rings. The summed E-state index contributed by atoms with van der Waals surface area (Å²) in [6, 6.07) is 5.88. The van der Waals surface area contributed by atoms with E-state index in [0.29, 0.717) is 5.02 Å². The summed E-state index contributed by atoms with van der Waals surface area (Å²) in [6.07, 6.45) is 0. The number of hydrogen-bond donors (Lipinski definition) is 1. The summed E-state index contributed by atoms with van der Waals surface area (Å²) in [4.78, 5) is 14.6. The number of aryl methyl sites for hydroxylation is 1. The zero-order valence-electron chi connectivity index (χ0n) is 11.0. The van der Waals surface area contributed by atoms with Crippen LogP contribution in [0, 0.1) is 6.92 Å². The van der Waals surface area contributed by atoms with Crippen LogP contribution in [0.1, 0.15) is 29.8 Å². The van der Waals surface area contributed by atoms with Crippen LogP contribution >= 0.6 is 11.6 Å². The highest BCUT2D eigenvalue weighted by Crippen LogP contribution is 2.20. The zero-order chi connectivity index (χ0) is 13.3. The molecule has 2 atom stereocenters. The van der Waals surface area contributed by atoms with Gasteiger partial charge in [0.05, 0.1) is 0 Å². The number of carbonyl (C=O) groups excluding carboxylic acids is 1. The zero-order valence-corrected chi connectivity index (χ0v) is 11.8. The summed E-state index contributed by atoms with van der Waals surface area (Å²) >= 11 is 5.93. The molecule has 1 N–H and O–H groups in total. The molecule has 2 unspecified atom stereocenters. The van der Waals surface area contributed by atoms with E-state index < -0.39 is 0 Å². The van der Waals surface area contributed by atoms with Crippen LogP contribution in [0.5, 0.6) is 0 Å². The van der Waals surface area contributed by atoms with E-state index in [2.05, 4.69) is 19.2 Å². The van der Waals surface area contributed by atoms with Crippen LogP contribution in [-0.2, 0) is 0 Å². The first-order valence-electron chi connectivity index (χ1n) is 6.30. The molecule has 0 aliphatic carbocycles. The number of piperazine rings is 1. The number of carbonyl (C=O) groups is 1.